The smallest absolute Gasteiger partial charge is 0.153 e. The summed E-state index contributed by atoms with van der Waals surface area (Å²) in [6, 6.07) is 7.78. The monoisotopic (exact) mass is 370 g/mol. The second kappa shape index (κ2) is 5.39. The quantitative estimate of drug-likeness (QED) is 0.572. The van der Waals surface area contributed by atoms with Gasteiger partial charge in [0.2, 0.25) is 0 Å². The highest BCUT2D eigenvalue weighted by molar-refractivity contribution is 9.10. The summed E-state index contributed by atoms with van der Waals surface area (Å²) in [7, 11) is 0. The van der Waals surface area contributed by atoms with Crippen LogP contribution in [0.2, 0.25) is 0 Å². The second-order valence-corrected chi connectivity index (χ2v) is 5.83. The predicted octanol–water partition coefficient (Wildman–Crippen LogP) is 5.11. The van der Waals surface area contributed by atoms with Gasteiger partial charge in [-0.05, 0) is 40.5 Å². The Morgan fingerprint density at radius 1 is 1.24 bits per heavy atom. The SMILES string of the molecule is Cc1ccc(-n2c(CCl)nc3c(F)cc(F)cc32)c(Br)c1. The predicted molar refractivity (Wildman–Crippen MR) is 83.0 cm³/mol. The van der Waals surface area contributed by atoms with E-state index in [0.717, 1.165) is 21.8 Å². The highest BCUT2D eigenvalue weighted by Crippen LogP contribution is 2.30. The molecule has 1 aromatic heterocycles. The first-order valence-electron chi connectivity index (χ1n) is 6.20. The maximum absolute atomic E-state index is 13.9. The Morgan fingerprint density at radius 3 is 2.67 bits per heavy atom. The largest absolute Gasteiger partial charge is 0.294 e. The summed E-state index contributed by atoms with van der Waals surface area (Å²) in [6.07, 6.45) is 0. The third-order valence-corrected chi connectivity index (χ3v) is 4.09. The van der Waals surface area contributed by atoms with E-state index in [0.29, 0.717) is 11.3 Å². The number of benzene rings is 2. The molecule has 6 heteroatoms. The molecule has 0 fully saturated rings. The normalized spacial score (nSPS) is 11.3. The Morgan fingerprint density at radius 2 is 2.00 bits per heavy atom. The third-order valence-electron chi connectivity index (χ3n) is 3.21. The number of aromatic nitrogens is 2. The van der Waals surface area contributed by atoms with Crippen LogP contribution in [0.15, 0.2) is 34.8 Å². The zero-order chi connectivity index (χ0) is 15.1. The molecule has 0 N–H and O–H groups in total. The molecule has 0 unspecified atom stereocenters. The number of nitrogens with zero attached hydrogens (tertiary/aromatic N) is 2. The van der Waals surface area contributed by atoms with Crippen LogP contribution in [-0.4, -0.2) is 9.55 Å². The van der Waals surface area contributed by atoms with E-state index < -0.39 is 11.6 Å². The van der Waals surface area contributed by atoms with Gasteiger partial charge in [0.25, 0.3) is 0 Å². The summed E-state index contributed by atoms with van der Waals surface area (Å²) in [5, 5.41) is 0. The van der Waals surface area contributed by atoms with Crippen LogP contribution in [0, 0.1) is 18.6 Å². The van der Waals surface area contributed by atoms with Gasteiger partial charge in [-0.2, -0.15) is 0 Å². The number of aryl methyl sites for hydroxylation is 1. The lowest BCUT2D eigenvalue weighted by molar-refractivity contribution is 0.590. The summed E-state index contributed by atoms with van der Waals surface area (Å²) in [5.74, 6) is -0.791. The minimum Gasteiger partial charge on any atom is -0.294 e. The Kier molecular flexibility index (Phi) is 3.71. The highest BCUT2D eigenvalue weighted by atomic mass is 79.9. The fraction of sp³-hybridized carbons (Fsp3) is 0.133. The Bertz CT molecular complexity index is 845. The molecule has 1 heterocycles. The van der Waals surface area contributed by atoms with Gasteiger partial charge in [0.15, 0.2) is 5.82 Å². The molecule has 0 spiro atoms. The number of hydrogen-bond acceptors (Lipinski definition) is 1. The first kappa shape index (κ1) is 14.5. The Balaban J connectivity index is 2.40. The summed E-state index contributed by atoms with van der Waals surface area (Å²) in [6.45, 7) is 1.96. The fourth-order valence-corrected chi connectivity index (χ4v) is 3.15. The van der Waals surface area contributed by atoms with Gasteiger partial charge in [-0.3, -0.25) is 4.57 Å². The average molecular weight is 372 g/mol. The molecule has 0 saturated heterocycles. The van der Waals surface area contributed by atoms with Crippen LogP contribution in [0.4, 0.5) is 8.78 Å². The van der Waals surface area contributed by atoms with Crippen molar-refractivity contribution in [3.63, 3.8) is 0 Å². The van der Waals surface area contributed by atoms with Crippen LogP contribution in [0.3, 0.4) is 0 Å². The molecule has 0 amide bonds. The molecule has 2 nitrogen and oxygen atoms in total. The van der Waals surface area contributed by atoms with Crippen LogP contribution in [0.25, 0.3) is 16.7 Å². The molecule has 0 atom stereocenters. The van der Waals surface area contributed by atoms with Gasteiger partial charge in [0, 0.05) is 16.6 Å². The van der Waals surface area contributed by atoms with E-state index >= 15 is 0 Å². The molecule has 3 rings (SSSR count). The molecular weight excluding hydrogens is 362 g/mol. The van der Waals surface area contributed by atoms with Crippen LogP contribution < -0.4 is 0 Å². The van der Waals surface area contributed by atoms with Gasteiger partial charge in [-0.25, -0.2) is 13.8 Å². The van der Waals surface area contributed by atoms with Crippen LogP contribution in [-0.2, 0) is 5.88 Å². The van der Waals surface area contributed by atoms with Gasteiger partial charge in [-0.1, -0.05) is 6.07 Å². The van der Waals surface area contributed by atoms with E-state index in [1.165, 1.54) is 6.07 Å². The molecular formula is C15H10BrClF2N2. The van der Waals surface area contributed by atoms with Crippen molar-refractivity contribution < 1.29 is 8.78 Å². The molecule has 3 aromatic rings. The maximum atomic E-state index is 13.9. The van der Waals surface area contributed by atoms with E-state index in [4.69, 9.17) is 11.6 Å². The minimum absolute atomic E-state index is 0.0933. The van der Waals surface area contributed by atoms with Crippen molar-refractivity contribution in [3.05, 3.63) is 57.8 Å². The summed E-state index contributed by atoms with van der Waals surface area (Å²) >= 11 is 9.39. The van der Waals surface area contributed by atoms with E-state index in [1.54, 1.807) is 4.57 Å². The average Bonchev–Trinajstić information content (AvgIpc) is 2.77. The van der Waals surface area contributed by atoms with Crippen molar-refractivity contribution in [3.8, 4) is 5.69 Å². The first-order valence-corrected chi connectivity index (χ1v) is 7.53. The molecule has 2 aromatic carbocycles. The van der Waals surface area contributed by atoms with Gasteiger partial charge in [-0.15, -0.1) is 11.6 Å². The van der Waals surface area contributed by atoms with Crippen molar-refractivity contribution >= 4 is 38.6 Å². The lowest BCUT2D eigenvalue weighted by Crippen LogP contribution is -2.00. The lowest BCUT2D eigenvalue weighted by atomic mass is 10.2. The summed E-state index contributed by atoms with van der Waals surface area (Å²) < 4.78 is 29.9. The lowest BCUT2D eigenvalue weighted by Gasteiger charge is -2.11. The van der Waals surface area contributed by atoms with Gasteiger partial charge < -0.3 is 0 Å². The van der Waals surface area contributed by atoms with E-state index in [2.05, 4.69) is 20.9 Å². The molecule has 108 valence electrons. The van der Waals surface area contributed by atoms with Crippen molar-refractivity contribution in [2.24, 2.45) is 0 Å². The number of fused-ring (bicyclic) bond motifs is 1. The molecule has 0 radical (unpaired) electrons. The topological polar surface area (TPSA) is 17.8 Å². The van der Waals surface area contributed by atoms with Crippen molar-refractivity contribution in [1.82, 2.24) is 9.55 Å². The molecule has 0 aliphatic heterocycles. The highest BCUT2D eigenvalue weighted by Gasteiger charge is 2.17. The Labute approximate surface area is 133 Å². The van der Waals surface area contributed by atoms with E-state index in [9.17, 15) is 8.78 Å². The van der Waals surface area contributed by atoms with Gasteiger partial charge in [0.1, 0.15) is 17.2 Å². The molecule has 0 aliphatic rings. The minimum atomic E-state index is -0.696. The zero-order valence-electron chi connectivity index (χ0n) is 11.0. The summed E-state index contributed by atoms with van der Waals surface area (Å²) in [5.41, 5.74) is 2.27. The maximum Gasteiger partial charge on any atom is 0.153 e. The number of hydrogen-bond donors (Lipinski definition) is 0. The standard InChI is InChI=1S/C15H10BrClF2N2/c1-8-2-3-12(10(16)4-8)21-13-6-9(18)5-11(19)15(13)20-14(21)7-17/h2-6H,7H2,1H3. The van der Waals surface area contributed by atoms with Crippen molar-refractivity contribution in [1.29, 1.82) is 0 Å². The number of rotatable bonds is 2. The van der Waals surface area contributed by atoms with Crippen LogP contribution >= 0.6 is 27.5 Å². The third kappa shape index (κ3) is 2.45. The first-order chi connectivity index (χ1) is 10.0. The fourth-order valence-electron chi connectivity index (χ4n) is 2.30. The number of alkyl halides is 1. The van der Waals surface area contributed by atoms with Gasteiger partial charge >= 0.3 is 0 Å². The zero-order valence-corrected chi connectivity index (χ0v) is 13.3. The van der Waals surface area contributed by atoms with Crippen molar-refractivity contribution in [2.45, 2.75) is 12.8 Å². The van der Waals surface area contributed by atoms with Crippen molar-refractivity contribution in [2.75, 3.05) is 0 Å². The second-order valence-electron chi connectivity index (χ2n) is 4.71. The molecule has 0 aliphatic carbocycles. The number of halogens is 4. The van der Waals surface area contributed by atoms with E-state index in [-0.39, 0.29) is 11.4 Å². The Hall–Kier alpha value is -1.46. The van der Waals surface area contributed by atoms with E-state index in [1.807, 2.05) is 25.1 Å². The van der Waals surface area contributed by atoms with Crippen LogP contribution in [0.5, 0.6) is 0 Å². The van der Waals surface area contributed by atoms with Gasteiger partial charge in [0.05, 0.1) is 17.1 Å². The van der Waals surface area contributed by atoms with Crippen LogP contribution in [0.1, 0.15) is 11.4 Å². The molecule has 21 heavy (non-hydrogen) atoms. The number of imidazole rings is 1. The molecule has 0 bridgehead atoms. The summed E-state index contributed by atoms with van der Waals surface area (Å²) in [4.78, 5) is 4.18. The molecule has 0 saturated carbocycles.